The van der Waals surface area contributed by atoms with E-state index in [1.54, 1.807) is 50.4 Å². The minimum absolute atomic E-state index is 0.132. The summed E-state index contributed by atoms with van der Waals surface area (Å²) < 4.78 is 17.0. The number of hydrogen-bond acceptors (Lipinski definition) is 5. The monoisotopic (exact) mass is 384 g/mol. The van der Waals surface area contributed by atoms with Gasteiger partial charge in [-0.05, 0) is 45.0 Å². The van der Waals surface area contributed by atoms with Gasteiger partial charge in [0.15, 0.2) is 5.58 Å². The average molecular weight is 384 g/mol. The number of fused-ring (bicyclic) bond motifs is 1. The number of phenolic OH excluding ortho intramolecular Hbond substituents is 1. The topological polar surface area (TPSA) is 73.3 Å². The number of hydrogen-bond donors (Lipinski definition) is 2. The van der Waals surface area contributed by atoms with Gasteiger partial charge < -0.3 is 23.9 Å². The molecule has 0 saturated carbocycles. The van der Waals surface area contributed by atoms with E-state index in [0.29, 0.717) is 40.3 Å². The zero-order valence-electron chi connectivity index (χ0n) is 16.7. The Labute approximate surface area is 163 Å². The number of phenols is 1. The Morgan fingerprint density at radius 1 is 1.11 bits per heavy atom. The maximum Gasteiger partial charge on any atom is 0.235 e. The van der Waals surface area contributed by atoms with Gasteiger partial charge in [0.1, 0.15) is 29.6 Å². The lowest BCUT2D eigenvalue weighted by Gasteiger charge is -2.17. The predicted octanol–water partition coefficient (Wildman–Crippen LogP) is 3.03. The van der Waals surface area contributed by atoms with E-state index in [0.717, 1.165) is 13.1 Å². The Kier molecular flexibility index (Phi) is 5.90. The van der Waals surface area contributed by atoms with Gasteiger partial charge >= 0.3 is 0 Å². The zero-order chi connectivity index (χ0) is 20.3. The molecule has 148 valence electrons. The number of quaternary nitrogens is 1. The number of benzene rings is 2. The molecule has 0 aliphatic carbocycles. The maximum atomic E-state index is 13.1. The van der Waals surface area contributed by atoms with Crippen LogP contribution < -0.4 is 19.8 Å². The highest BCUT2D eigenvalue weighted by atomic mass is 16.5. The highest BCUT2D eigenvalue weighted by Crippen LogP contribution is 2.31. The van der Waals surface area contributed by atoms with E-state index < -0.39 is 0 Å². The molecule has 0 spiro atoms. The Morgan fingerprint density at radius 2 is 1.82 bits per heavy atom. The first kappa shape index (κ1) is 19.8. The van der Waals surface area contributed by atoms with Crippen LogP contribution in [0.2, 0.25) is 0 Å². The Balaban J connectivity index is 2.10. The number of nitrogens with one attached hydrogen (secondary N) is 1. The Hall–Kier alpha value is -2.99. The van der Waals surface area contributed by atoms with Crippen LogP contribution in [-0.4, -0.2) is 25.3 Å². The molecular weight excluding hydrogens is 358 g/mol. The van der Waals surface area contributed by atoms with E-state index >= 15 is 0 Å². The molecule has 0 bridgehead atoms. The highest BCUT2D eigenvalue weighted by molar-refractivity contribution is 5.83. The summed E-state index contributed by atoms with van der Waals surface area (Å²) in [6, 6.07) is 10.2. The summed E-state index contributed by atoms with van der Waals surface area (Å²) in [6.45, 7) is 8.26. The molecule has 0 saturated heterocycles. The molecule has 0 radical (unpaired) electrons. The summed E-state index contributed by atoms with van der Waals surface area (Å²) >= 11 is 0. The third-order valence-electron chi connectivity index (χ3n) is 4.95. The van der Waals surface area contributed by atoms with E-state index in [-0.39, 0.29) is 16.9 Å². The van der Waals surface area contributed by atoms with E-state index in [4.69, 9.17) is 13.9 Å². The van der Waals surface area contributed by atoms with Crippen LogP contribution in [0.5, 0.6) is 23.0 Å². The van der Waals surface area contributed by atoms with E-state index in [9.17, 15) is 9.90 Å². The second kappa shape index (κ2) is 8.35. The van der Waals surface area contributed by atoms with Crippen LogP contribution >= 0.6 is 0 Å². The zero-order valence-corrected chi connectivity index (χ0v) is 16.7. The lowest BCUT2D eigenvalue weighted by atomic mass is 10.1. The van der Waals surface area contributed by atoms with Crippen molar-refractivity contribution in [1.29, 1.82) is 0 Å². The largest absolute Gasteiger partial charge is 0.507 e. The van der Waals surface area contributed by atoms with Crippen LogP contribution in [-0.2, 0) is 6.54 Å². The van der Waals surface area contributed by atoms with Crippen LogP contribution in [0.25, 0.3) is 11.0 Å². The maximum absolute atomic E-state index is 13.1. The van der Waals surface area contributed by atoms with E-state index in [2.05, 4.69) is 13.8 Å². The highest BCUT2D eigenvalue weighted by Gasteiger charge is 2.20. The van der Waals surface area contributed by atoms with Gasteiger partial charge in [-0.2, -0.15) is 0 Å². The lowest BCUT2D eigenvalue weighted by molar-refractivity contribution is -0.910. The van der Waals surface area contributed by atoms with Gasteiger partial charge in [-0.25, -0.2) is 0 Å². The number of rotatable bonds is 7. The summed E-state index contributed by atoms with van der Waals surface area (Å²) in [5.74, 6) is 1.75. The third kappa shape index (κ3) is 3.82. The number of methoxy groups -OCH3 is 1. The van der Waals surface area contributed by atoms with Gasteiger partial charge in [0, 0.05) is 6.07 Å². The van der Waals surface area contributed by atoms with Crippen LogP contribution in [0.3, 0.4) is 0 Å². The van der Waals surface area contributed by atoms with E-state index in [1.807, 2.05) is 0 Å². The van der Waals surface area contributed by atoms with Crippen molar-refractivity contribution in [2.75, 3.05) is 20.2 Å². The number of ether oxygens (including phenoxy) is 2. The summed E-state index contributed by atoms with van der Waals surface area (Å²) in [4.78, 5) is 14.4. The fourth-order valence-corrected chi connectivity index (χ4v) is 3.22. The van der Waals surface area contributed by atoms with Crippen molar-refractivity contribution in [3.05, 3.63) is 57.9 Å². The van der Waals surface area contributed by atoms with Crippen molar-refractivity contribution in [3.63, 3.8) is 0 Å². The van der Waals surface area contributed by atoms with Crippen LogP contribution in [0, 0.1) is 6.92 Å². The molecule has 0 unspecified atom stereocenters. The standard InChI is InChI=1S/C22H25NO5/c1-5-23(6-2)13-18-19(24)11-10-17-20(25)21(14(3)27-22(17)18)28-16-9-7-8-15(12-16)26-4/h7-12,24H,5-6,13H2,1-4H3/p+1. The summed E-state index contributed by atoms with van der Waals surface area (Å²) in [5, 5.41) is 10.8. The average Bonchev–Trinajstić information content (AvgIpc) is 2.70. The van der Waals surface area contributed by atoms with Crippen molar-refractivity contribution in [1.82, 2.24) is 0 Å². The molecule has 0 fully saturated rings. The van der Waals surface area contributed by atoms with Gasteiger partial charge in [-0.15, -0.1) is 0 Å². The van der Waals surface area contributed by atoms with Crippen LogP contribution in [0.1, 0.15) is 25.2 Å². The quantitative estimate of drug-likeness (QED) is 0.655. The minimum atomic E-state index is -0.266. The van der Waals surface area contributed by atoms with Crippen molar-refractivity contribution in [2.24, 2.45) is 0 Å². The van der Waals surface area contributed by atoms with Crippen molar-refractivity contribution in [2.45, 2.75) is 27.3 Å². The number of aromatic hydroxyl groups is 1. The lowest BCUT2D eigenvalue weighted by Crippen LogP contribution is -3.10. The van der Waals surface area contributed by atoms with Gasteiger partial charge in [-0.1, -0.05) is 6.07 Å². The predicted molar refractivity (Wildman–Crippen MR) is 108 cm³/mol. The summed E-state index contributed by atoms with van der Waals surface area (Å²) in [5.41, 5.74) is 0.793. The fraction of sp³-hybridized carbons (Fsp3) is 0.318. The van der Waals surface area contributed by atoms with Crippen molar-refractivity contribution in [3.8, 4) is 23.0 Å². The Bertz CT molecular complexity index is 1040. The minimum Gasteiger partial charge on any atom is -0.507 e. The van der Waals surface area contributed by atoms with Gasteiger partial charge in [0.2, 0.25) is 11.2 Å². The van der Waals surface area contributed by atoms with Crippen LogP contribution in [0.15, 0.2) is 45.6 Å². The molecule has 3 aromatic rings. The van der Waals surface area contributed by atoms with Gasteiger partial charge in [0.05, 0.1) is 31.1 Å². The normalized spacial score (nSPS) is 11.2. The molecule has 6 nitrogen and oxygen atoms in total. The van der Waals surface area contributed by atoms with E-state index in [1.165, 1.54) is 4.90 Å². The first-order valence-corrected chi connectivity index (χ1v) is 9.42. The molecule has 1 aromatic heterocycles. The molecular formula is C22H26NO5+. The molecule has 28 heavy (non-hydrogen) atoms. The molecule has 2 aromatic carbocycles. The molecule has 1 heterocycles. The molecule has 2 N–H and O–H groups in total. The fourth-order valence-electron chi connectivity index (χ4n) is 3.22. The first-order chi connectivity index (χ1) is 13.5. The second-order valence-corrected chi connectivity index (χ2v) is 6.67. The summed E-state index contributed by atoms with van der Waals surface area (Å²) in [7, 11) is 1.57. The van der Waals surface area contributed by atoms with Gasteiger partial charge in [0.25, 0.3) is 0 Å². The molecule has 0 amide bonds. The smallest absolute Gasteiger partial charge is 0.235 e. The second-order valence-electron chi connectivity index (χ2n) is 6.67. The summed E-state index contributed by atoms with van der Waals surface area (Å²) in [6.07, 6.45) is 0. The molecule has 6 heteroatoms. The molecule has 0 aliphatic heterocycles. The Morgan fingerprint density at radius 3 is 2.50 bits per heavy atom. The first-order valence-electron chi connectivity index (χ1n) is 9.42. The SMILES string of the molecule is CC[NH+](CC)Cc1c(O)ccc2c(=O)c(Oc3cccc(OC)c3)c(C)oc12. The van der Waals surface area contributed by atoms with Crippen molar-refractivity contribution < 1.29 is 23.9 Å². The molecule has 0 aliphatic rings. The third-order valence-corrected chi connectivity index (χ3v) is 4.95. The molecule has 0 atom stereocenters. The van der Waals surface area contributed by atoms with Gasteiger partial charge in [-0.3, -0.25) is 4.79 Å². The van der Waals surface area contributed by atoms with Crippen molar-refractivity contribution >= 4 is 11.0 Å². The number of aryl methyl sites for hydroxylation is 1. The van der Waals surface area contributed by atoms with Crippen LogP contribution in [0.4, 0.5) is 0 Å². The molecule has 3 rings (SSSR count).